The fourth-order valence-electron chi connectivity index (χ4n) is 2.90. The number of rotatable bonds is 0. The molecule has 21 heavy (non-hydrogen) atoms. The van der Waals surface area contributed by atoms with Gasteiger partial charge in [-0.15, -0.1) is 0 Å². The van der Waals surface area contributed by atoms with Crippen molar-refractivity contribution in [1.82, 2.24) is 0 Å². The van der Waals surface area contributed by atoms with Crippen LogP contribution in [0, 0.1) is 6.92 Å². The van der Waals surface area contributed by atoms with Crippen LogP contribution in [0.15, 0.2) is 36.4 Å². The van der Waals surface area contributed by atoms with Crippen LogP contribution in [0.2, 0.25) is 0 Å². The molecule has 3 N–H and O–H groups in total. The molecule has 2 aromatic carbocycles. The molecule has 2 aromatic rings. The van der Waals surface area contributed by atoms with E-state index < -0.39 is 0 Å². The number of hydrogen-bond acceptors (Lipinski definition) is 3. The van der Waals surface area contributed by atoms with Crippen molar-refractivity contribution in [2.75, 3.05) is 11.1 Å². The van der Waals surface area contributed by atoms with Gasteiger partial charge in [0.2, 0.25) is 0 Å². The van der Waals surface area contributed by atoms with Gasteiger partial charge >= 0.3 is 0 Å². The lowest BCUT2D eigenvalue weighted by molar-refractivity contribution is -0.110. The van der Waals surface area contributed by atoms with E-state index in [0.29, 0.717) is 23.6 Å². The van der Waals surface area contributed by atoms with Gasteiger partial charge < -0.3 is 15.8 Å². The van der Waals surface area contributed by atoms with Gasteiger partial charge in [0.05, 0.1) is 5.57 Å². The lowest BCUT2D eigenvalue weighted by atomic mass is 9.99. The second-order valence-corrected chi connectivity index (χ2v) is 5.41. The molecule has 2 aliphatic rings. The highest BCUT2D eigenvalue weighted by Gasteiger charge is 2.32. The summed E-state index contributed by atoms with van der Waals surface area (Å²) < 4.78 is 5.78. The molecule has 0 aliphatic carbocycles. The minimum Gasteiger partial charge on any atom is -0.487 e. The van der Waals surface area contributed by atoms with E-state index >= 15 is 0 Å². The van der Waals surface area contributed by atoms with Crippen molar-refractivity contribution in [3.63, 3.8) is 0 Å². The summed E-state index contributed by atoms with van der Waals surface area (Å²) >= 11 is 0. The maximum absolute atomic E-state index is 12.3. The largest absolute Gasteiger partial charge is 0.487 e. The zero-order valence-electron chi connectivity index (χ0n) is 11.6. The van der Waals surface area contributed by atoms with E-state index in [2.05, 4.69) is 5.32 Å². The van der Waals surface area contributed by atoms with E-state index in [0.717, 1.165) is 27.9 Å². The summed E-state index contributed by atoms with van der Waals surface area (Å²) in [6.07, 6.45) is 0. The average Bonchev–Trinajstić information content (AvgIpc) is 2.97. The van der Waals surface area contributed by atoms with Crippen LogP contribution >= 0.6 is 0 Å². The molecule has 0 fully saturated rings. The quantitative estimate of drug-likeness (QED) is 0.575. The average molecular weight is 278 g/mol. The van der Waals surface area contributed by atoms with E-state index in [1.165, 1.54) is 0 Å². The fourth-order valence-corrected chi connectivity index (χ4v) is 2.90. The number of nitrogens with one attached hydrogen (secondary N) is 1. The molecule has 0 aromatic heterocycles. The lowest BCUT2D eigenvalue weighted by Crippen LogP contribution is -2.05. The zero-order valence-corrected chi connectivity index (χ0v) is 11.6. The zero-order chi connectivity index (χ0) is 14.6. The molecule has 0 radical (unpaired) electrons. The summed E-state index contributed by atoms with van der Waals surface area (Å²) in [5.74, 6) is 0.528. The Morgan fingerprint density at radius 1 is 1.14 bits per heavy atom. The first-order valence-corrected chi connectivity index (χ1v) is 6.82. The second kappa shape index (κ2) is 4.12. The molecular weight excluding hydrogens is 264 g/mol. The number of carbonyl (C=O) groups excluding carboxylic acids is 1. The Balaban J connectivity index is 1.94. The van der Waals surface area contributed by atoms with Crippen LogP contribution in [0.1, 0.15) is 22.3 Å². The van der Waals surface area contributed by atoms with Crippen LogP contribution in [-0.4, -0.2) is 5.91 Å². The first kappa shape index (κ1) is 12.0. The van der Waals surface area contributed by atoms with Crippen LogP contribution in [0.3, 0.4) is 0 Å². The maximum atomic E-state index is 12.3. The van der Waals surface area contributed by atoms with Gasteiger partial charge in [-0.3, -0.25) is 4.79 Å². The van der Waals surface area contributed by atoms with Crippen molar-refractivity contribution in [3.05, 3.63) is 58.7 Å². The molecule has 1 amide bonds. The highest BCUT2D eigenvalue weighted by molar-refractivity contribution is 6.36. The molecule has 2 heterocycles. The molecule has 4 heteroatoms. The molecule has 4 nitrogen and oxygen atoms in total. The van der Waals surface area contributed by atoms with Crippen LogP contribution in [0.25, 0.3) is 11.3 Å². The number of fused-ring (bicyclic) bond motifs is 2. The molecule has 4 rings (SSSR count). The molecule has 2 aliphatic heterocycles. The van der Waals surface area contributed by atoms with E-state index in [-0.39, 0.29) is 5.91 Å². The Morgan fingerprint density at radius 2 is 1.95 bits per heavy atom. The number of aryl methyl sites for hydroxylation is 1. The Kier molecular flexibility index (Phi) is 2.36. The smallest absolute Gasteiger partial charge is 0.260 e. The molecule has 0 saturated carbocycles. The Morgan fingerprint density at radius 3 is 2.81 bits per heavy atom. The number of amides is 1. The SMILES string of the molecule is Cc1ccc2c(c1)NC(=O)/C2=C1/OCc2cc(N)ccc21. The van der Waals surface area contributed by atoms with Crippen molar-refractivity contribution >= 4 is 28.6 Å². The van der Waals surface area contributed by atoms with Crippen LogP contribution < -0.4 is 11.1 Å². The fraction of sp³-hybridized carbons (Fsp3) is 0.118. The van der Waals surface area contributed by atoms with Gasteiger partial charge in [-0.2, -0.15) is 0 Å². The summed E-state index contributed by atoms with van der Waals surface area (Å²) in [5, 5.41) is 2.91. The molecular formula is C17H14N2O2. The van der Waals surface area contributed by atoms with Gasteiger partial charge in [0, 0.05) is 28.1 Å². The van der Waals surface area contributed by atoms with Crippen molar-refractivity contribution in [1.29, 1.82) is 0 Å². The van der Waals surface area contributed by atoms with Crippen LogP contribution in [-0.2, 0) is 16.1 Å². The standard InChI is InChI=1S/C17H14N2O2/c1-9-2-4-13-14(6-9)19-17(20)15(13)16-12-5-3-11(18)7-10(12)8-21-16/h2-7H,8,18H2,1H3,(H,19,20)/b16-15+. The molecule has 0 spiro atoms. The van der Waals surface area contributed by atoms with Crippen LogP contribution in [0.4, 0.5) is 11.4 Å². The molecule has 0 saturated heterocycles. The summed E-state index contributed by atoms with van der Waals surface area (Å²) in [6.45, 7) is 2.45. The minimum atomic E-state index is -0.115. The number of nitrogen functional groups attached to an aromatic ring is 1. The highest BCUT2D eigenvalue weighted by Crippen LogP contribution is 2.42. The van der Waals surface area contributed by atoms with E-state index in [9.17, 15) is 4.79 Å². The van der Waals surface area contributed by atoms with Gasteiger partial charge in [0.15, 0.2) is 0 Å². The number of nitrogens with two attached hydrogens (primary N) is 1. The first-order valence-electron chi connectivity index (χ1n) is 6.82. The maximum Gasteiger partial charge on any atom is 0.260 e. The molecule has 0 unspecified atom stereocenters. The first-order chi connectivity index (χ1) is 10.1. The molecule has 0 atom stereocenters. The minimum absolute atomic E-state index is 0.115. The second-order valence-electron chi connectivity index (χ2n) is 5.41. The Bertz CT molecular complexity index is 822. The third kappa shape index (κ3) is 1.72. The summed E-state index contributed by atoms with van der Waals surface area (Å²) in [6, 6.07) is 11.6. The van der Waals surface area contributed by atoms with Crippen LogP contribution in [0.5, 0.6) is 0 Å². The molecule has 104 valence electrons. The van der Waals surface area contributed by atoms with Gasteiger partial charge in [-0.05, 0) is 36.8 Å². The summed E-state index contributed by atoms with van der Waals surface area (Å²) in [4.78, 5) is 12.3. The number of carbonyl (C=O) groups is 1. The monoisotopic (exact) mass is 278 g/mol. The van der Waals surface area contributed by atoms with Crippen molar-refractivity contribution in [2.24, 2.45) is 0 Å². The van der Waals surface area contributed by atoms with Gasteiger partial charge in [-0.25, -0.2) is 0 Å². The van der Waals surface area contributed by atoms with E-state index in [4.69, 9.17) is 10.5 Å². The predicted molar refractivity (Wildman–Crippen MR) is 82.3 cm³/mol. The summed E-state index contributed by atoms with van der Waals surface area (Å²) in [5.41, 5.74) is 11.9. The number of anilines is 2. The van der Waals surface area contributed by atoms with Crippen molar-refractivity contribution in [2.45, 2.75) is 13.5 Å². The van der Waals surface area contributed by atoms with Gasteiger partial charge in [-0.1, -0.05) is 12.1 Å². The third-order valence-electron chi connectivity index (χ3n) is 3.89. The number of ether oxygens (including phenoxy) is 1. The van der Waals surface area contributed by atoms with Crippen molar-refractivity contribution < 1.29 is 9.53 Å². The topological polar surface area (TPSA) is 64.3 Å². The number of benzene rings is 2. The predicted octanol–water partition coefficient (Wildman–Crippen LogP) is 2.93. The molecule has 0 bridgehead atoms. The van der Waals surface area contributed by atoms with E-state index in [1.807, 2.05) is 43.3 Å². The van der Waals surface area contributed by atoms with E-state index in [1.54, 1.807) is 0 Å². The Hall–Kier alpha value is -2.75. The van der Waals surface area contributed by atoms with Gasteiger partial charge in [0.1, 0.15) is 12.4 Å². The number of hydrogen-bond donors (Lipinski definition) is 2. The summed E-state index contributed by atoms with van der Waals surface area (Å²) in [7, 11) is 0. The van der Waals surface area contributed by atoms with Gasteiger partial charge in [0.25, 0.3) is 5.91 Å². The lowest BCUT2D eigenvalue weighted by Gasteiger charge is -2.05. The highest BCUT2D eigenvalue weighted by atomic mass is 16.5. The van der Waals surface area contributed by atoms with Crippen molar-refractivity contribution in [3.8, 4) is 0 Å². The normalized spacial score (nSPS) is 19.0. The third-order valence-corrected chi connectivity index (χ3v) is 3.89. The Labute approximate surface area is 122 Å².